The van der Waals surface area contributed by atoms with Gasteiger partial charge in [-0.1, -0.05) is 129 Å². The minimum absolute atomic E-state index is 0.306. The summed E-state index contributed by atoms with van der Waals surface area (Å²) < 4.78 is 0. The molecule has 0 aromatic carbocycles. The number of aliphatic carboxylic acids is 1. The van der Waals surface area contributed by atoms with Gasteiger partial charge in [0.15, 0.2) is 0 Å². The van der Waals surface area contributed by atoms with Crippen molar-refractivity contribution >= 4 is 23.7 Å². The summed E-state index contributed by atoms with van der Waals surface area (Å²) in [4.78, 5) is 23.8. The molecule has 0 saturated heterocycles. The summed E-state index contributed by atoms with van der Waals surface area (Å²) in [5.74, 6) is -0.939. The normalized spacial score (nSPS) is 12.1. The first-order valence-corrected chi connectivity index (χ1v) is 14.2. The summed E-state index contributed by atoms with van der Waals surface area (Å²) in [5.41, 5.74) is 0.747. The molecule has 32 heavy (non-hydrogen) atoms. The Morgan fingerprint density at radius 2 is 0.781 bits per heavy atom. The maximum Gasteiger partial charge on any atom is 0.331 e. The molecule has 0 aliphatic heterocycles. The topological polar surface area (TPSA) is 54.4 Å². The van der Waals surface area contributed by atoms with Crippen LogP contribution < -0.4 is 0 Å². The van der Waals surface area contributed by atoms with Gasteiger partial charge in [0, 0.05) is 11.1 Å². The van der Waals surface area contributed by atoms with Gasteiger partial charge in [0.2, 0.25) is 5.12 Å². The van der Waals surface area contributed by atoms with E-state index in [9.17, 15) is 14.7 Å². The molecule has 0 rings (SSSR count). The molecule has 0 fully saturated rings. The quantitative estimate of drug-likeness (QED) is 0.0842. The van der Waals surface area contributed by atoms with Crippen molar-refractivity contribution in [2.45, 2.75) is 155 Å². The highest BCUT2D eigenvalue weighted by Crippen LogP contribution is 2.23. The Morgan fingerprint density at radius 3 is 1.06 bits per heavy atom. The Balaban J connectivity index is 4.11. The van der Waals surface area contributed by atoms with Gasteiger partial charge < -0.3 is 5.11 Å². The minimum atomic E-state index is -0.939. The van der Waals surface area contributed by atoms with Gasteiger partial charge in [-0.3, -0.25) is 4.79 Å². The lowest BCUT2D eigenvalue weighted by Crippen LogP contribution is -2.09. The molecular formula is C28H52O3S. The molecule has 0 unspecified atom stereocenters. The number of carboxylic acid groups (broad SMARTS) is 1. The Kier molecular flexibility index (Phi) is 22.8. The van der Waals surface area contributed by atoms with Crippen LogP contribution in [0, 0.1) is 0 Å². The lowest BCUT2D eigenvalue weighted by molar-refractivity contribution is -0.133. The standard InChI is InChI=1S/C28H52O3S/c1-3-5-7-9-11-13-15-17-19-21-23-25(27(29)30)26(28(31)32)24-22-20-18-16-14-12-10-8-6-4-2/h3-24H2,1-2H3,(H,29,30)(H,31,32)/b26-25-. The first-order valence-electron chi connectivity index (χ1n) is 13.7. The van der Waals surface area contributed by atoms with Crippen LogP contribution in [-0.2, 0) is 9.59 Å². The number of thiol groups is 1. The number of carbonyl (C=O) groups excluding carboxylic acids is 1. The second kappa shape index (κ2) is 23.4. The zero-order valence-corrected chi connectivity index (χ0v) is 22.2. The largest absolute Gasteiger partial charge is 0.478 e. The molecular weight excluding hydrogens is 416 g/mol. The van der Waals surface area contributed by atoms with Crippen molar-refractivity contribution in [3.63, 3.8) is 0 Å². The molecule has 0 heterocycles. The lowest BCUT2D eigenvalue weighted by Gasteiger charge is -2.10. The summed E-state index contributed by atoms with van der Waals surface area (Å²) in [6.45, 7) is 4.48. The van der Waals surface area contributed by atoms with E-state index >= 15 is 0 Å². The Labute approximate surface area is 204 Å². The molecule has 0 aromatic heterocycles. The molecule has 3 nitrogen and oxygen atoms in total. The van der Waals surface area contributed by atoms with E-state index in [2.05, 4.69) is 26.5 Å². The predicted molar refractivity (Wildman–Crippen MR) is 142 cm³/mol. The van der Waals surface area contributed by atoms with Crippen molar-refractivity contribution in [2.75, 3.05) is 0 Å². The highest BCUT2D eigenvalue weighted by molar-refractivity contribution is 7.97. The summed E-state index contributed by atoms with van der Waals surface area (Å²) in [7, 11) is 0. The molecule has 1 N–H and O–H groups in total. The van der Waals surface area contributed by atoms with Gasteiger partial charge >= 0.3 is 5.97 Å². The van der Waals surface area contributed by atoms with Gasteiger partial charge in [-0.05, 0) is 25.7 Å². The van der Waals surface area contributed by atoms with Crippen LogP contribution in [0.4, 0.5) is 0 Å². The molecule has 0 atom stereocenters. The zero-order chi connectivity index (χ0) is 23.9. The predicted octanol–water partition coefficient (Wildman–Crippen LogP) is 9.45. The molecule has 0 radical (unpaired) electrons. The third-order valence-electron chi connectivity index (χ3n) is 6.44. The third-order valence-corrected chi connectivity index (χ3v) is 6.71. The molecule has 0 aliphatic rings. The first kappa shape index (κ1) is 31.2. The van der Waals surface area contributed by atoms with Crippen molar-refractivity contribution in [1.82, 2.24) is 0 Å². The smallest absolute Gasteiger partial charge is 0.331 e. The number of hydrogen-bond acceptors (Lipinski definition) is 2. The van der Waals surface area contributed by atoms with Gasteiger partial charge in [-0.25, -0.2) is 4.79 Å². The highest BCUT2D eigenvalue weighted by atomic mass is 32.1. The van der Waals surface area contributed by atoms with E-state index in [4.69, 9.17) is 0 Å². The molecule has 0 bridgehead atoms. The second-order valence-corrected chi connectivity index (χ2v) is 9.84. The Bertz CT molecular complexity index is 455. The van der Waals surface area contributed by atoms with Crippen LogP contribution in [0.5, 0.6) is 0 Å². The second-order valence-electron chi connectivity index (χ2n) is 9.43. The fourth-order valence-corrected chi connectivity index (χ4v) is 4.60. The Hall–Kier alpha value is -0.770. The van der Waals surface area contributed by atoms with E-state index in [-0.39, 0.29) is 5.12 Å². The molecule has 0 aromatic rings. The van der Waals surface area contributed by atoms with Gasteiger partial charge in [-0.15, -0.1) is 12.6 Å². The van der Waals surface area contributed by atoms with E-state index < -0.39 is 5.97 Å². The molecule has 0 amide bonds. The van der Waals surface area contributed by atoms with Crippen LogP contribution in [0.1, 0.15) is 155 Å². The number of unbranched alkanes of at least 4 members (excludes halogenated alkanes) is 18. The van der Waals surface area contributed by atoms with Crippen molar-refractivity contribution < 1.29 is 14.7 Å². The first-order chi connectivity index (χ1) is 15.5. The van der Waals surface area contributed by atoms with Crippen molar-refractivity contribution in [3.05, 3.63) is 11.1 Å². The molecule has 0 spiro atoms. The summed E-state index contributed by atoms with van der Waals surface area (Å²) in [6, 6.07) is 0. The van der Waals surface area contributed by atoms with Crippen LogP contribution in [0.2, 0.25) is 0 Å². The Morgan fingerprint density at radius 1 is 0.500 bits per heavy atom. The van der Waals surface area contributed by atoms with Gasteiger partial charge in [0.05, 0.1) is 0 Å². The van der Waals surface area contributed by atoms with E-state index in [1.165, 1.54) is 96.3 Å². The van der Waals surface area contributed by atoms with Crippen LogP contribution in [-0.4, -0.2) is 16.2 Å². The maximum absolute atomic E-state index is 12.0. The monoisotopic (exact) mass is 468 g/mol. The van der Waals surface area contributed by atoms with Crippen LogP contribution in [0.25, 0.3) is 0 Å². The number of rotatable bonds is 24. The summed E-state index contributed by atoms with van der Waals surface area (Å²) in [6.07, 6.45) is 25.5. The molecule has 188 valence electrons. The van der Waals surface area contributed by atoms with E-state index in [1.54, 1.807) is 0 Å². The SMILES string of the molecule is CCCCCCCCCCCC/C(C(=O)O)=C(\CCCCCCCCCCCC)C(=O)S. The molecule has 0 aliphatic carbocycles. The molecule has 0 saturated carbocycles. The van der Waals surface area contributed by atoms with Gasteiger partial charge in [0.1, 0.15) is 0 Å². The number of carbonyl (C=O) groups is 2. The number of carboxylic acids is 1. The number of hydrogen-bond donors (Lipinski definition) is 2. The lowest BCUT2D eigenvalue weighted by atomic mass is 9.96. The molecule has 4 heteroatoms. The zero-order valence-electron chi connectivity index (χ0n) is 21.3. The van der Waals surface area contributed by atoms with E-state index in [1.807, 2.05) is 0 Å². The average molecular weight is 469 g/mol. The fourth-order valence-electron chi connectivity index (χ4n) is 4.35. The van der Waals surface area contributed by atoms with E-state index in [0.29, 0.717) is 24.0 Å². The average Bonchev–Trinajstić information content (AvgIpc) is 2.76. The van der Waals surface area contributed by atoms with E-state index in [0.717, 1.165) is 32.1 Å². The maximum atomic E-state index is 12.0. The van der Waals surface area contributed by atoms with Crippen molar-refractivity contribution in [2.24, 2.45) is 0 Å². The van der Waals surface area contributed by atoms with Crippen molar-refractivity contribution in [3.8, 4) is 0 Å². The van der Waals surface area contributed by atoms with Crippen LogP contribution in [0.3, 0.4) is 0 Å². The van der Waals surface area contributed by atoms with Crippen LogP contribution >= 0.6 is 12.6 Å². The third kappa shape index (κ3) is 18.8. The summed E-state index contributed by atoms with van der Waals surface area (Å²) >= 11 is 3.99. The highest BCUT2D eigenvalue weighted by Gasteiger charge is 2.18. The summed E-state index contributed by atoms with van der Waals surface area (Å²) in [5, 5.41) is 9.30. The fraction of sp³-hybridized carbons (Fsp3) is 0.857. The van der Waals surface area contributed by atoms with Gasteiger partial charge in [0.25, 0.3) is 0 Å². The van der Waals surface area contributed by atoms with Crippen molar-refractivity contribution in [1.29, 1.82) is 0 Å². The minimum Gasteiger partial charge on any atom is -0.478 e. The van der Waals surface area contributed by atoms with Crippen LogP contribution in [0.15, 0.2) is 11.1 Å². The van der Waals surface area contributed by atoms with Gasteiger partial charge in [-0.2, -0.15) is 0 Å².